The van der Waals surface area contributed by atoms with Crippen LogP contribution in [0.4, 0.5) is 4.79 Å². The summed E-state index contributed by atoms with van der Waals surface area (Å²) in [4.78, 5) is 33.6. The largest absolute Gasteiger partial charge is 0.450 e. The Hall–Kier alpha value is -3.72. The average molecular weight is 515 g/mol. The van der Waals surface area contributed by atoms with E-state index in [4.69, 9.17) is 14.8 Å². The standard InChI is InChI=1S/C29H34N6O3/c1-2-38-28(37)34-16-9-22(10-17-34)24-4-3-15-35-26(24)31-25(32-35)20-21-5-7-23(8-6-21)27(36)33-18-12-29(13-19-33)11-14-30-29/h3-9,15,30H,2,10-14,16-20H2,1H3. The molecule has 2 amide bonds. The Labute approximate surface area is 222 Å². The third-order valence-corrected chi connectivity index (χ3v) is 8.16. The molecule has 9 nitrogen and oxygen atoms in total. The van der Waals surface area contributed by atoms with Gasteiger partial charge in [-0.2, -0.15) is 5.10 Å². The van der Waals surface area contributed by atoms with Gasteiger partial charge >= 0.3 is 6.09 Å². The van der Waals surface area contributed by atoms with Gasteiger partial charge in [0.1, 0.15) is 0 Å². The predicted octanol–water partition coefficient (Wildman–Crippen LogP) is 3.53. The molecule has 3 aliphatic rings. The van der Waals surface area contributed by atoms with Gasteiger partial charge in [0.05, 0.1) is 6.61 Å². The summed E-state index contributed by atoms with van der Waals surface area (Å²) in [6, 6.07) is 11.9. The number of pyridine rings is 1. The van der Waals surface area contributed by atoms with Gasteiger partial charge in [0, 0.05) is 55.5 Å². The van der Waals surface area contributed by atoms with E-state index >= 15 is 0 Å². The molecule has 0 saturated carbocycles. The van der Waals surface area contributed by atoms with Gasteiger partial charge in [-0.15, -0.1) is 0 Å². The molecular weight excluding hydrogens is 480 g/mol. The summed E-state index contributed by atoms with van der Waals surface area (Å²) < 4.78 is 6.95. The van der Waals surface area contributed by atoms with Crippen LogP contribution in [-0.4, -0.2) is 81.3 Å². The van der Waals surface area contributed by atoms with E-state index < -0.39 is 0 Å². The minimum Gasteiger partial charge on any atom is -0.450 e. The minimum atomic E-state index is -0.270. The van der Waals surface area contributed by atoms with Gasteiger partial charge in [0.2, 0.25) is 0 Å². The average Bonchev–Trinajstić information content (AvgIpc) is 3.35. The topological polar surface area (TPSA) is 92.1 Å². The number of nitrogens with one attached hydrogen (secondary N) is 1. The molecule has 2 aromatic heterocycles. The van der Waals surface area contributed by atoms with E-state index in [1.54, 1.807) is 4.90 Å². The Kier molecular flexibility index (Phi) is 6.61. The summed E-state index contributed by atoms with van der Waals surface area (Å²) in [7, 11) is 0. The van der Waals surface area contributed by atoms with Gasteiger partial charge in [0.25, 0.3) is 5.91 Å². The second kappa shape index (κ2) is 10.2. The maximum absolute atomic E-state index is 13.0. The number of piperidine rings is 1. The van der Waals surface area contributed by atoms with E-state index in [9.17, 15) is 9.59 Å². The second-order valence-corrected chi connectivity index (χ2v) is 10.5. The van der Waals surface area contributed by atoms with E-state index in [2.05, 4.69) is 17.5 Å². The summed E-state index contributed by atoms with van der Waals surface area (Å²) >= 11 is 0. The van der Waals surface area contributed by atoms with Crippen LogP contribution in [-0.2, 0) is 11.2 Å². The summed E-state index contributed by atoms with van der Waals surface area (Å²) in [6.07, 6.45) is 8.35. The summed E-state index contributed by atoms with van der Waals surface area (Å²) in [6.45, 7) is 6.08. The molecule has 0 bridgehead atoms. The molecule has 198 valence electrons. The molecule has 0 unspecified atom stereocenters. The van der Waals surface area contributed by atoms with Gasteiger partial charge in [0.15, 0.2) is 11.5 Å². The molecule has 1 aromatic carbocycles. The molecule has 3 aliphatic heterocycles. The summed E-state index contributed by atoms with van der Waals surface area (Å²) in [5.74, 6) is 0.846. The maximum Gasteiger partial charge on any atom is 0.410 e. The van der Waals surface area contributed by atoms with Crippen molar-refractivity contribution in [1.82, 2.24) is 29.7 Å². The lowest BCUT2D eigenvalue weighted by Crippen LogP contribution is -2.62. The first-order valence-corrected chi connectivity index (χ1v) is 13.6. The number of benzene rings is 1. The molecule has 1 N–H and O–H groups in total. The van der Waals surface area contributed by atoms with E-state index in [0.717, 1.165) is 72.6 Å². The van der Waals surface area contributed by atoms with Crippen molar-refractivity contribution in [2.75, 3.05) is 39.3 Å². The monoisotopic (exact) mass is 514 g/mol. The number of amides is 2. The zero-order chi connectivity index (χ0) is 26.1. The van der Waals surface area contributed by atoms with Gasteiger partial charge < -0.3 is 19.9 Å². The number of carbonyl (C=O) groups excluding carboxylic acids is 2. The number of aromatic nitrogens is 3. The highest BCUT2D eigenvalue weighted by Gasteiger charge is 2.40. The Bertz CT molecular complexity index is 1360. The van der Waals surface area contributed by atoms with Crippen LogP contribution in [0.15, 0.2) is 48.7 Å². The van der Waals surface area contributed by atoms with Gasteiger partial charge in [-0.05, 0) is 74.6 Å². The Morgan fingerprint density at radius 2 is 1.84 bits per heavy atom. The van der Waals surface area contributed by atoms with E-state index in [1.807, 2.05) is 52.9 Å². The van der Waals surface area contributed by atoms with Crippen LogP contribution < -0.4 is 5.32 Å². The Balaban J connectivity index is 1.12. The lowest BCUT2D eigenvalue weighted by atomic mass is 9.79. The highest BCUT2D eigenvalue weighted by atomic mass is 16.6. The van der Waals surface area contributed by atoms with E-state index in [0.29, 0.717) is 26.1 Å². The first kappa shape index (κ1) is 24.6. The van der Waals surface area contributed by atoms with Gasteiger partial charge in [-0.3, -0.25) is 4.79 Å². The third kappa shape index (κ3) is 4.78. The van der Waals surface area contributed by atoms with Crippen molar-refractivity contribution in [3.8, 4) is 0 Å². The molecule has 2 fully saturated rings. The highest BCUT2D eigenvalue weighted by molar-refractivity contribution is 5.94. The van der Waals surface area contributed by atoms with Crippen molar-refractivity contribution < 1.29 is 14.3 Å². The van der Waals surface area contributed by atoms with Crippen molar-refractivity contribution in [1.29, 1.82) is 0 Å². The number of fused-ring (bicyclic) bond motifs is 1. The maximum atomic E-state index is 13.0. The van der Waals surface area contributed by atoms with Crippen LogP contribution in [0.3, 0.4) is 0 Å². The van der Waals surface area contributed by atoms with Gasteiger partial charge in [-0.1, -0.05) is 18.2 Å². The lowest BCUT2D eigenvalue weighted by molar-refractivity contribution is 0.0541. The van der Waals surface area contributed by atoms with Crippen molar-refractivity contribution in [3.05, 3.63) is 71.2 Å². The quantitative estimate of drug-likeness (QED) is 0.560. The van der Waals surface area contributed by atoms with Gasteiger partial charge in [-0.25, -0.2) is 14.3 Å². The number of nitrogens with zero attached hydrogens (tertiary/aromatic N) is 5. The summed E-state index contributed by atoms with van der Waals surface area (Å²) in [5.41, 5.74) is 5.10. The summed E-state index contributed by atoms with van der Waals surface area (Å²) in [5, 5.41) is 8.26. The number of rotatable bonds is 5. The fourth-order valence-electron chi connectivity index (χ4n) is 5.74. The van der Waals surface area contributed by atoms with Crippen LogP contribution in [0.25, 0.3) is 11.2 Å². The number of ether oxygens (including phenoxy) is 1. The number of hydrogen-bond donors (Lipinski definition) is 1. The second-order valence-electron chi connectivity index (χ2n) is 10.5. The molecule has 0 radical (unpaired) electrons. The number of carbonyl (C=O) groups is 2. The molecule has 3 aromatic rings. The van der Waals surface area contributed by atoms with Crippen molar-refractivity contribution >= 4 is 23.2 Å². The Morgan fingerprint density at radius 3 is 2.50 bits per heavy atom. The van der Waals surface area contributed by atoms with Crippen molar-refractivity contribution in [2.24, 2.45) is 0 Å². The van der Waals surface area contributed by atoms with Crippen LogP contribution >= 0.6 is 0 Å². The molecule has 5 heterocycles. The molecule has 2 saturated heterocycles. The number of likely N-dealkylation sites (tertiary alicyclic amines) is 1. The molecule has 9 heteroatoms. The smallest absolute Gasteiger partial charge is 0.410 e. The molecule has 0 aliphatic carbocycles. The zero-order valence-corrected chi connectivity index (χ0v) is 21.9. The molecular formula is C29H34N6O3. The van der Waals surface area contributed by atoms with Crippen LogP contribution in [0.2, 0.25) is 0 Å². The van der Waals surface area contributed by atoms with Crippen LogP contribution in [0.5, 0.6) is 0 Å². The van der Waals surface area contributed by atoms with Crippen LogP contribution in [0, 0.1) is 0 Å². The lowest BCUT2D eigenvalue weighted by Gasteiger charge is -2.48. The van der Waals surface area contributed by atoms with E-state index in [-0.39, 0.29) is 17.5 Å². The van der Waals surface area contributed by atoms with E-state index in [1.165, 1.54) is 6.42 Å². The molecule has 0 atom stereocenters. The predicted molar refractivity (Wildman–Crippen MR) is 144 cm³/mol. The molecule has 38 heavy (non-hydrogen) atoms. The first-order valence-electron chi connectivity index (χ1n) is 13.6. The zero-order valence-electron chi connectivity index (χ0n) is 21.9. The molecule has 6 rings (SSSR count). The minimum absolute atomic E-state index is 0.114. The Morgan fingerprint density at radius 1 is 1.05 bits per heavy atom. The van der Waals surface area contributed by atoms with Crippen molar-refractivity contribution in [2.45, 2.75) is 44.6 Å². The first-order chi connectivity index (χ1) is 18.5. The molecule has 1 spiro atoms. The normalized spacial score (nSPS) is 18.8. The van der Waals surface area contributed by atoms with Crippen LogP contribution in [0.1, 0.15) is 59.9 Å². The fraction of sp³-hybridized carbons (Fsp3) is 0.448. The highest BCUT2D eigenvalue weighted by Crippen LogP contribution is 2.31. The van der Waals surface area contributed by atoms with Crippen molar-refractivity contribution in [3.63, 3.8) is 0 Å². The SMILES string of the molecule is CCOC(=O)N1CC=C(c2cccn3nc(Cc4ccc(C(=O)N5CCC6(CCN6)CC5)cc4)nc23)CC1. The fourth-order valence-corrected chi connectivity index (χ4v) is 5.74. The third-order valence-electron chi connectivity index (χ3n) is 8.16. The number of hydrogen-bond acceptors (Lipinski definition) is 6.